The molecule has 3 aliphatic rings. The highest BCUT2D eigenvalue weighted by Crippen LogP contribution is 2.47. The summed E-state index contributed by atoms with van der Waals surface area (Å²) in [4.78, 5) is 26.7. The maximum absolute atomic E-state index is 12.9. The van der Waals surface area contributed by atoms with Gasteiger partial charge in [0.15, 0.2) is 11.5 Å². The van der Waals surface area contributed by atoms with E-state index >= 15 is 0 Å². The van der Waals surface area contributed by atoms with E-state index < -0.39 is 11.2 Å². The molecule has 0 N–H and O–H groups in total. The van der Waals surface area contributed by atoms with Crippen LogP contribution in [-0.4, -0.2) is 57.6 Å². The van der Waals surface area contributed by atoms with Crippen LogP contribution in [0.5, 0.6) is 34.5 Å². The summed E-state index contributed by atoms with van der Waals surface area (Å²) in [6.45, 7) is 5.95. The first-order valence-corrected chi connectivity index (χ1v) is 16.5. The monoisotopic (exact) mass is 679 g/mol. The fraction of sp³-hybridized carbons (Fsp3) is 0.300. The zero-order chi connectivity index (χ0) is 35.3. The van der Waals surface area contributed by atoms with Gasteiger partial charge in [-0.15, -0.1) is 0 Å². The second-order valence-corrected chi connectivity index (χ2v) is 12.5. The highest BCUT2D eigenvalue weighted by Gasteiger charge is 2.29. The third-order valence-electron chi connectivity index (χ3n) is 8.62. The summed E-state index contributed by atoms with van der Waals surface area (Å²) in [6, 6.07) is 14.6. The minimum Gasteiger partial charge on any atom is -0.497 e. The molecule has 10 nitrogen and oxygen atoms in total. The highest BCUT2D eigenvalue weighted by molar-refractivity contribution is 5.99. The molecule has 50 heavy (non-hydrogen) atoms. The van der Waals surface area contributed by atoms with E-state index in [2.05, 4.69) is 0 Å². The predicted molar refractivity (Wildman–Crippen MR) is 192 cm³/mol. The number of carbonyl (C=O) groups excluding carboxylic acids is 1. The molecular weight excluding hydrogens is 638 g/mol. The first-order chi connectivity index (χ1) is 24.2. The van der Waals surface area contributed by atoms with E-state index in [1.54, 1.807) is 56.7 Å². The number of carbonyl (C=O) groups is 1. The van der Waals surface area contributed by atoms with Crippen LogP contribution in [0, 0.1) is 0 Å². The van der Waals surface area contributed by atoms with Gasteiger partial charge in [0.25, 0.3) is 0 Å². The SMILES string of the molecule is COc1ccc(-c2c(OC)c3c(OC)c4c(cc3oc2=O)OC(C)(C)C=C4)cc1.O=C(C=CC=Cc1ccc2c(c1)OCO2)N1CCCCC1. The standard InChI is InChI=1S/C23H22O6.C17H19NO3/c1-23(2)11-10-15-16(29-23)12-17-19(20(15)26-4)21(27-5)18(22(24)28-17)13-6-8-14(25-3)9-7-13;19-17(18-10-4-1-5-11-18)7-3-2-6-14-8-9-15-16(12-14)21-13-20-15/h6-12H,1-5H3;2-3,6-9,12H,1,4-5,10-11,13H2. The number of allylic oxidation sites excluding steroid dienone is 2. The van der Waals surface area contributed by atoms with Crippen LogP contribution in [0.1, 0.15) is 44.2 Å². The quantitative estimate of drug-likeness (QED) is 0.111. The molecular formula is C40H41NO9. The van der Waals surface area contributed by atoms with Crippen LogP contribution < -0.4 is 34.0 Å². The molecule has 4 heterocycles. The third-order valence-corrected chi connectivity index (χ3v) is 8.62. The molecule has 10 heteroatoms. The number of benzene rings is 3. The zero-order valence-corrected chi connectivity index (χ0v) is 28.9. The van der Waals surface area contributed by atoms with Gasteiger partial charge in [-0.05, 0) is 80.7 Å². The van der Waals surface area contributed by atoms with Crippen molar-refractivity contribution in [1.82, 2.24) is 4.90 Å². The summed E-state index contributed by atoms with van der Waals surface area (Å²) in [5.74, 6) is 3.84. The van der Waals surface area contributed by atoms with E-state index in [1.165, 1.54) is 13.5 Å². The van der Waals surface area contributed by atoms with Crippen LogP contribution in [0.15, 0.2) is 82.0 Å². The Hall–Kier alpha value is -5.64. The lowest BCUT2D eigenvalue weighted by atomic mass is 9.98. The summed E-state index contributed by atoms with van der Waals surface area (Å²) < 4.78 is 38.9. The van der Waals surface area contributed by atoms with Gasteiger partial charge >= 0.3 is 5.63 Å². The molecule has 0 bridgehead atoms. The minimum absolute atomic E-state index is 0.102. The molecule has 4 aromatic rings. The van der Waals surface area contributed by atoms with E-state index in [9.17, 15) is 9.59 Å². The van der Waals surface area contributed by atoms with Crippen molar-refractivity contribution in [3.8, 4) is 45.6 Å². The van der Waals surface area contributed by atoms with Crippen LogP contribution in [0.4, 0.5) is 0 Å². The first-order valence-electron chi connectivity index (χ1n) is 16.5. The number of hydrogen-bond donors (Lipinski definition) is 0. The van der Waals surface area contributed by atoms with E-state index in [0.717, 1.165) is 48.6 Å². The number of fused-ring (bicyclic) bond motifs is 3. The van der Waals surface area contributed by atoms with Crippen LogP contribution in [0.3, 0.4) is 0 Å². The van der Waals surface area contributed by atoms with Gasteiger partial charge in [-0.3, -0.25) is 4.79 Å². The van der Waals surface area contributed by atoms with Gasteiger partial charge in [-0.1, -0.05) is 36.4 Å². The van der Waals surface area contributed by atoms with Crippen LogP contribution >= 0.6 is 0 Å². The van der Waals surface area contributed by atoms with Gasteiger partial charge in [0.1, 0.15) is 45.1 Å². The molecule has 3 aliphatic heterocycles. The summed E-state index contributed by atoms with van der Waals surface area (Å²) in [5.41, 5.74) is 2.13. The Balaban J connectivity index is 0.000000182. The Morgan fingerprint density at radius 2 is 1.58 bits per heavy atom. The van der Waals surface area contributed by atoms with E-state index in [1.807, 2.05) is 61.3 Å². The van der Waals surface area contributed by atoms with E-state index in [-0.39, 0.29) is 12.7 Å². The highest BCUT2D eigenvalue weighted by atomic mass is 16.7. The molecule has 1 fully saturated rings. The lowest BCUT2D eigenvalue weighted by Crippen LogP contribution is -2.34. The molecule has 0 saturated carbocycles. The number of hydrogen-bond acceptors (Lipinski definition) is 9. The normalized spacial score (nSPS) is 15.7. The Morgan fingerprint density at radius 1 is 0.840 bits per heavy atom. The van der Waals surface area contributed by atoms with Crippen molar-refractivity contribution in [2.24, 2.45) is 0 Å². The molecule has 1 saturated heterocycles. The van der Waals surface area contributed by atoms with E-state index in [4.69, 9.17) is 32.8 Å². The molecule has 1 amide bonds. The van der Waals surface area contributed by atoms with Crippen molar-refractivity contribution >= 4 is 29.0 Å². The fourth-order valence-electron chi connectivity index (χ4n) is 6.10. The Kier molecular flexibility index (Phi) is 10.2. The zero-order valence-electron chi connectivity index (χ0n) is 28.9. The molecule has 3 aromatic carbocycles. The number of ether oxygens (including phenoxy) is 6. The van der Waals surface area contributed by atoms with Crippen LogP contribution in [0.25, 0.3) is 34.2 Å². The Morgan fingerprint density at radius 3 is 2.30 bits per heavy atom. The fourth-order valence-corrected chi connectivity index (χ4v) is 6.10. The van der Waals surface area contributed by atoms with Crippen molar-refractivity contribution in [1.29, 1.82) is 0 Å². The third kappa shape index (κ3) is 7.34. The second kappa shape index (κ2) is 14.9. The Labute approximate surface area is 291 Å². The Bertz CT molecular complexity index is 2020. The number of rotatable bonds is 7. The van der Waals surface area contributed by atoms with E-state index in [0.29, 0.717) is 45.1 Å². The van der Waals surface area contributed by atoms with Gasteiger partial charge in [0, 0.05) is 25.2 Å². The summed E-state index contributed by atoms with van der Waals surface area (Å²) in [7, 11) is 4.68. The van der Waals surface area contributed by atoms with Crippen molar-refractivity contribution in [3.05, 3.63) is 94.4 Å². The van der Waals surface area contributed by atoms with Gasteiger partial charge in [-0.2, -0.15) is 0 Å². The van der Waals surface area contributed by atoms with Crippen molar-refractivity contribution in [3.63, 3.8) is 0 Å². The van der Waals surface area contributed by atoms with Gasteiger partial charge in [0.2, 0.25) is 12.7 Å². The summed E-state index contributed by atoms with van der Waals surface area (Å²) >= 11 is 0. The van der Waals surface area contributed by atoms with Gasteiger partial charge in [-0.25, -0.2) is 4.79 Å². The topological polar surface area (TPSA) is 106 Å². The molecule has 0 unspecified atom stereocenters. The number of piperidine rings is 1. The van der Waals surface area contributed by atoms with Crippen molar-refractivity contribution < 1.29 is 37.6 Å². The maximum atomic E-state index is 12.9. The number of amides is 1. The number of methoxy groups -OCH3 is 3. The summed E-state index contributed by atoms with van der Waals surface area (Å²) in [6.07, 6.45) is 14.6. The predicted octanol–water partition coefficient (Wildman–Crippen LogP) is 7.67. The average Bonchev–Trinajstić information content (AvgIpc) is 3.60. The van der Waals surface area contributed by atoms with Crippen molar-refractivity contribution in [2.45, 2.75) is 38.7 Å². The second-order valence-electron chi connectivity index (χ2n) is 12.5. The first kappa shape index (κ1) is 34.2. The smallest absolute Gasteiger partial charge is 0.347 e. The molecule has 260 valence electrons. The largest absolute Gasteiger partial charge is 0.497 e. The molecule has 0 atom stereocenters. The molecule has 0 spiro atoms. The summed E-state index contributed by atoms with van der Waals surface area (Å²) in [5, 5.41) is 0.576. The molecule has 0 radical (unpaired) electrons. The minimum atomic E-state index is -0.507. The van der Waals surface area contributed by atoms with Crippen LogP contribution in [-0.2, 0) is 4.79 Å². The molecule has 1 aromatic heterocycles. The van der Waals surface area contributed by atoms with Gasteiger partial charge in [0.05, 0.1) is 26.9 Å². The maximum Gasteiger partial charge on any atom is 0.347 e. The molecule has 0 aliphatic carbocycles. The number of nitrogens with zero attached hydrogens (tertiary/aromatic N) is 1. The van der Waals surface area contributed by atoms with Crippen LogP contribution in [0.2, 0.25) is 0 Å². The van der Waals surface area contributed by atoms with Crippen molar-refractivity contribution in [2.75, 3.05) is 41.2 Å². The molecule has 7 rings (SSSR count). The lowest BCUT2D eigenvalue weighted by molar-refractivity contribution is -0.126. The number of likely N-dealkylation sites (tertiary alicyclic amines) is 1. The average molecular weight is 680 g/mol. The van der Waals surface area contributed by atoms with Gasteiger partial charge < -0.3 is 37.7 Å². The lowest BCUT2D eigenvalue weighted by Gasteiger charge is -2.29.